The van der Waals surface area contributed by atoms with Crippen LogP contribution >= 0.6 is 0 Å². The lowest BCUT2D eigenvalue weighted by atomic mass is 9.76. The number of hydrogen-bond acceptors (Lipinski definition) is 2. The maximum Gasteiger partial charge on any atom is 0.416 e. The maximum absolute atomic E-state index is 12.8. The lowest BCUT2D eigenvalue weighted by Crippen LogP contribution is -2.21. The Morgan fingerprint density at radius 2 is 1.86 bits per heavy atom. The summed E-state index contributed by atoms with van der Waals surface area (Å²) in [5.41, 5.74) is 5.45. The molecule has 21 heavy (non-hydrogen) atoms. The average Bonchev–Trinajstić information content (AvgIpc) is 2.46. The third-order valence-electron chi connectivity index (χ3n) is 4.65. The van der Waals surface area contributed by atoms with Gasteiger partial charge in [-0.15, -0.1) is 0 Å². The molecule has 1 aromatic rings. The highest BCUT2D eigenvalue weighted by Crippen LogP contribution is 2.41. The van der Waals surface area contributed by atoms with Crippen molar-refractivity contribution in [3.05, 3.63) is 29.3 Å². The van der Waals surface area contributed by atoms with Crippen molar-refractivity contribution >= 4 is 5.69 Å². The van der Waals surface area contributed by atoms with E-state index in [1.54, 1.807) is 0 Å². The van der Waals surface area contributed by atoms with Gasteiger partial charge in [-0.3, -0.25) is 0 Å². The van der Waals surface area contributed by atoms with E-state index < -0.39 is 17.8 Å². The van der Waals surface area contributed by atoms with E-state index in [2.05, 4.69) is 6.92 Å². The van der Waals surface area contributed by atoms with Crippen LogP contribution in [0.5, 0.6) is 0 Å². The second-order valence-corrected chi connectivity index (χ2v) is 5.98. The Morgan fingerprint density at radius 1 is 1.24 bits per heavy atom. The van der Waals surface area contributed by atoms with E-state index in [0.717, 1.165) is 44.2 Å². The number of halogens is 3. The number of nitrogens with two attached hydrogens (primary N) is 1. The van der Waals surface area contributed by atoms with Gasteiger partial charge in [0.15, 0.2) is 0 Å². The molecule has 0 radical (unpaired) electrons. The molecule has 1 aliphatic carbocycles. The van der Waals surface area contributed by atoms with Crippen LogP contribution in [-0.2, 0) is 6.18 Å². The third-order valence-corrected chi connectivity index (χ3v) is 4.65. The molecule has 1 aromatic carbocycles. The zero-order chi connectivity index (χ0) is 15.6. The van der Waals surface area contributed by atoms with Crippen molar-refractivity contribution in [3.8, 4) is 0 Å². The number of hydrogen-bond donors (Lipinski definition) is 2. The monoisotopic (exact) mass is 301 g/mol. The summed E-state index contributed by atoms with van der Waals surface area (Å²) in [7, 11) is 0. The summed E-state index contributed by atoms with van der Waals surface area (Å²) in [5, 5.41) is 10.4. The first-order valence-corrected chi connectivity index (χ1v) is 7.47. The number of nitrogen functional groups attached to an aromatic ring is 1. The van der Waals surface area contributed by atoms with Crippen LogP contribution < -0.4 is 5.73 Å². The molecule has 0 saturated heterocycles. The minimum Gasteiger partial charge on any atom is -0.398 e. The molecular weight excluding hydrogens is 279 g/mol. The molecule has 1 unspecified atom stereocenters. The molecule has 118 valence electrons. The molecule has 1 atom stereocenters. The van der Waals surface area contributed by atoms with E-state index in [0.29, 0.717) is 5.92 Å². The van der Waals surface area contributed by atoms with Crippen LogP contribution in [0.2, 0.25) is 0 Å². The van der Waals surface area contributed by atoms with Gasteiger partial charge in [-0.2, -0.15) is 13.2 Å². The van der Waals surface area contributed by atoms with Crippen LogP contribution in [-0.4, -0.2) is 5.11 Å². The lowest BCUT2D eigenvalue weighted by Gasteiger charge is -2.31. The van der Waals surface area contributed by atoms with Crippen molar-refractivity contribution in [1.29, 1.82) is 0 Å². The van der Waals surface area contributed by atoms with E-state index in [1.807, 2.05) is 0 Å². The van der Waals surface area contributed by atoms with E-state index in [9.17, 15) is 18.3 Å². The van der Waals surface area contributed by atoms with Crippen molar-refractivity contribution in [2.24, 2.45) is 11.8 Å². The standard InChI is InChI=1S/C16H22F3NO/c1-2-10-3-5-11(6-4-10)15(21)13-9-12(16(17,18)19)7-8-14(13)20/h7-11,15,21H,2-6,20H2,1H3. The quantitative estimate of drug-likeness (QED) is 0.805. The van der Waals surface area contributed by atoms with E-state index in [4.69, 9.17) is 5.73 Å². The molecule has 0 bridgehead atoms. The number of alkyl halides is 3. The number of anilines is 1. The van der Waals surface area contributed by atoms with E-state index in [1.165, 1.54) is 6.07 Å². The number of rotatable bonds is 3. The number of benzene rings is 1. The van der Waals surface area contributed by atoms with Crippen LogP contribution in [0.25, 0.3) is 0 Å². The third kappa shape index (κ3) is 3.70. The topological polar surface area (TPSA) is 46.2 Å². The second kappa shape index (κ2) is 6.26. The second-order valence-electron chi connectivity index (χ2n) is 5.98. The van der Waals surface area contributed by atoms with Gasteiger partial charge < -0.3 is 10.8 Å². The van der Waals surface area contributed by atoms with Gasteiger partial charge >= 0.3 is 6.18 Å². The molecule has 0 spiro atoms. The SMILES string of the molecule is CCC1CCC(C(O)c2cc(C(F)(F)F)ccc2N)CC1. The minimum atomic E-state index is -4.41. The molecule has 0 heterocycles. The first kappa shape index (κ1) is 16.1. The van der Waals surface area contributed by atoms with Crippen molar-refractivity contribution in [2.45, 2.75) is 51.3 Å². The summed E-state index contributed by atoms with van der Waals surface area (Å²) in [6, 6.07) is 3.19. The summed E-state index contributed by atoms with van der Waals surface area (Å²) in [6.07, 6.45) is -0.472. The van der Waals surface area contributed by atoms with Crippen LogP contribution in [0, 0.1) is 11.8 Å². The molecule has 1 saturated carbocycles. The highest BCUT2D eigenvalue weighted by atomic mass is 19.4. The molecule has 5 heteroatoms. The molecule has 0 aromatic heterocycles. The molecular formula is C16H22F3NO. The molecule has 0 amide bonds. The van der Waals surface area contributed by atoms with Gasteiger partial charge in [0.2, 0.25) is 0 Å². The first-order valence-electron chi connectivity index (χ1n) is 7.47. The summed E-state index contributed by atoms with van der Waals surface area (Å²) in [4.78, 5) is 0. The normalized spacial score (nSPS) is 24.8. The van der Waals surface area contributed by atoms with Crippen molar-refractivity contribution in [3.63, 3.8) is 0 Å². The maximum atomic E-state index is 12.8. The fourth-order valence-corrected chi connectivity index (χ4v) is 3.17. The number of aliphatic hydroxyl groups is 1. The van der Waals surface area contributed by atoms with Crippen LogP contribution in [0.1, 0.15) is 56.3 Å². The zero-order valence-corrected chi connectivity index (χ0v) is 12.2. The molecule has 0 aliphatic heterocycles. The van der Waals surface area contributed by atoms with Gasteiger partial charge in [0.25, 0.3) is 0 Å². The predicted octanol–water partition coefficient (Wildman–Crippen LogP) is 4.54. The van der Waals surface area contributed by atoms with Gasteiger partial charge in [0, 0.05) is 11.3 Å². The molecule has 3 N–H and O–H groups in total. The Labute approximate surface area is 123 Å². The Bertz CT molecular complexity index is 479. The number of aliphatic hydroxyl groups excluding tert-OH is 1. The molecule has 1 aliphatic rings. The van der Waals surface area contributed by atoms with Gasteiger partial charge in [0.05, 0.1) is 11.7 Å². The summed E-state index contributed by atoms with van der Waals surface area (Å²) in [6.45, 7) is 2.15. The Kier molecular flexibility index (Phi) is 4.81. The lowest BCUT2D eigenvalue weighted by molar-refractivity contribution is -0.137. The first-order chi connectivity index (χ1) is 9.82. The van der Waals surface area contributed by atoms with E-state index in [-0.39, 0.29) is 17.2 Å². The van der Waals surface area contributed by atoms with Crippen LogP contribution in [0.15, 0.2) is 18.2 Å². The Balaban J connectivity index is 2.17. The average molecular weight is 301 g/mol. The van der Waals surface area contributed by atoms with Gasteiger partial charge in [-0.05, 0) is 42.9 Å². The fraction of sp³-hybridized carbons (Fsp3) is 0.625. The van der Waals surface area contributed by atoms with E-state index >= 15 is 0 Å². The summed E-state index contributed by atoms with van der Waals surface area (Å²) in [5.74, 6) is 0.672. The van der Waals surface area contributed by atoms with Crippen molar-refractivity contribution in [2.75, 3.05) is 5.73 Å². The fourth-order valence-electron chi connectivity index (χ4n) is 3.17. The Morgan fingerprint density at radius 3 is 2.38 bits per heavy atom. The largest absolute Gasteiger partial charge is 0.416 e. The highest BCUT2D eigenvalue weighted by molar-refractivity contribution is 5.50. The van der Waals surface area contributed by atoms with Gasteiger partial charge in [0.1, 0.15) is 0 Å². The minimum absolute atomic E-state index is 0.00131. The van der Waals surface area contributed by atoms with Gasteiger partial charge in [-0.1, -0.05) is 26.2 Å². The Hall–Kier alpha value is -1.23. The molecule has 2 nitrogen and oxygen atoms in total. The highest BCUT2D eigenvalue weighted by Gasteiger charge is 2.33. The van der Waals surface area contributed by atoms with Gasteiger partial charge in [-0.25, -0.2) is 0 Å². The smallest absolute Gasteiger partial charge is 0.398 e. The van der Waals surface area contributed by atoms with Crippen molar-refractivity contribution in [1.82, 2.24) is 0 Å². The van der Waals surface area contributed by atoms with Crippen LogP contribution in [0.4, 0.5) is 18.9 Å². The predicted molar refractivity (Wildman–Crippen MR) is 76.6 cm³/mol. The summed E-state index contributed by atoms with van der Waals surface area (Å²) < 4.78 is 38.3. The zero-order valence-electron chi connectivity index (χ0n) is 12.2. The summed E-state index contributed by atoms with van der Waals surface area (Å²) >= 11 is 0. The van der Waals surface area contributed by atoms with Crippen molar-refractivity contribution < 1.29 is 18.3 Å². The molecule has 1 fully saturated rings. The van der Waals surface area contributed by atoms with Crippen LogP contribution in [0.3, 0.4) is 0 Å². The molecule has 2 rings (SSSR count).